The van der Waals surface area contributed by atoms with Crippen molar-refractivity contribution in [1.82, 2.24) is 19.8 Å². The highest BCUT2D eigenvalue weighted by molar-refractivity contribution is 7.14. The second-order valence-electron chi connectivity index (χ2n) is 7.27. The van der Waals surface area contributed by atoms with E-state index in [-0.39, 0.29) is 24.7 Å². The number of nitrogens with one attached hydrogen (secondary N) is 1. The summed E-state index contributed by atoms with van der Waals surface area (Å²) in [4.78, 5) is 21.1. The maximum atomic E-state index is 12.3. The number of ether oxygens (including phenoxy) is 1. The standard InChI is InChI=1S/C19H26N4O3S/c1-22-9-5-20-16(22)13-23-7-3-19(4-8-23)17-14(2-11-26-19)12-15(27-17)18(25)21-6-10-24/h5,9,12,24H,2-4,6-8,10-11,13H2,1H3,(H,21,25). The molecule has 146 valence electrons. The summed E-state index contributed by atoms with van der Waals surface area (Å²) in [6.07, 6.45) is 6.54. The van der Waals surface area contributed by atoms with Crippen LogP contribution >= 0.6 is 11.3 Å². The van der Waals surface area contributed by atoms with Gasteiger partial charge in [0.25, 0.3) is 5.91 Å². The van der Waals surface area contributed by atoms with E-state index in [2.05, 4.69) is 19.8 Å². The van der Waals surface area contributed by atoms with Gasteiger partial charge in [0.05, 0.1) is 24.6 Å². The van der Waals surface area contributed by atoms with Crippen molar-refractivity contribution in [1.29, 1.82) is 0 Å². The predicted molar refractivity (Wildman–Crippen MR) is 103 cm³/mol. The van der Waals surface area contributed by atoms with Crippen LogP contribution in [0.3, 0.4) is 0 Å². The summed E-state index contributed by atoms with van der Waals surface area (Å²) in [6.45, 7) is 3.71. The lowest BCUT2D eigenvalue weighted by atomic mass is 9.85. The molecule has 0 unspecified atom stereocenters. The van der Waals surface area contributed by atoms with Crippen LogP contribution in [-0.2, 0) is 30.4 Å². The van der Waals surface area contributed by atoms with Gasteiger partial charge < -0.3 is 19.7 Å². The summed E-state index contributed by atoms with van der Waals surface area (Å²) in [5.41, 5.74) is 0.990. The average Bonchev–Trinajstić information content (AvgIpc) is 3.29. The van der Waals surface area contributed by atoms with Gasteiger partial charge in [-0.1, -0.05) is 0 Å². The molecule has 2 aliphatic rings. The molecule has 1 fully saturated rings. The SMILES string of the molecule is Cn1ccnc1CN1CCC2(CC1)OCCc1cc(C(=O)NCCO)sc12. The van der Waals surface area contributed by atoms with Crippen LogP contribution in [0, 0.1) is 0 Å². The van der Waals surface area contributed by atoms with Crippen molar-refractivity contribution in [2.45, 2.75) is 31.4 Å². The third-order valence-electron chi connectivity index (χ3n) is 5.54. The van der Waals surface area contributed by atoms with Crippen LogP contribution < -0.4 is 5.32 Å². The van der Waals surface area contributed by atoms with Gasteiger partial charge in [-0.15, -0.1) is 11.3 Å². The smallest absolute Gasteiger partial charge is 0.261 e. The first-order valence-corrected chi connectivity index (χ1v) is 10.3. The maximum absolute atomic E-state index is 12.3. The molecular weight excluding hydrogens is 364 g/mol. The summed E-state index contributed by atoms with van der Waals surface area (Å²) in [5.74, 6) is 0.973. The van der Waals surface area contributed by atoms with Gasteiger partial charge in [0, 0.05) is 44.0 Å². The number of aromatic nitrogens is 2. The van der Waals surface area contributed by atoms with Crippen LogP contribution in [0.1, 0.15) is 38.8 Å². The summed E-state index contributed by atoms with van der Waals surface area (Å²) < 4.78 is 8.37. The largest absolute Gasteiger partial charge is 0.395 e. The van der Waals surface area contributed by atoms with Gasteiger partial charge in [0.15, 0.2) is 0 Å². The molecule has 2 aromatic heterocycles. The van der Waals surface area contributed by atoms with Crippen molar-refractivity contribution in [3.63, 3.8) is 0 Å². The first-order valence-electron chi connectivity index (χ1n) is 9.46. The number of hydrogen-bond acceptors (Lipinski definition) is 6. The van der Waals surface area contributed by atoms with E-state index in [1.54, 1.807) is 11.3 Å². The van der Waals surface area contributed by atoms with Crippen LogP contribution in [0.25, 0.3) is 0 Å². The normalized spacial score (nSPS) is 19.2. The van der Waals surface area contributed by atoms with E-state index in [4.69, 9.17) is 9.84 Å². The molecule has 0 aliphatic carbocycles. The molecule has 0 saturated carbocycles. The number of thiophene rings is 1. The van der Waals surface area contributed by atoms with Gasteiger partial charge >= 0.3 is 0 Å². The Kier molecular flexibility index (Phi) is 5.32. The molecule has 0 bridgehead atoms. The molecule has 4 rings (SSSR count). The fourth-order valence-electron chi connectivity index (χ4n) is 3.98. The molecule has 1 spiro atoms. The second kappa shape index (κ2) is 7.71. The fourth-order valence-corrected chi connectivity index (χ4v) is 5.31. The van der Waals surface area contributed by atoms with Crippen molar-refractivity contribution in [3.05, 3.63) is 39.6 Å². The number of likely N-dealkylation sites (tertiary alicyclic amines) is 1. The molecule has 27 heavy (non-hydrogen) atoms. The summed E-state index contributed by atoms with van der Waals surface area (Å²) in [5, 5.41) is 11.7. The first-order chi connectivity index (χ1) is 13.1. The molecule has 7 nitrogen and oxygen atoms in total. The molecule has 8 heteroatoms. The lowest BCUT2D eigenvalue weighted by molar-refractivity contribution is -0.0963. The summed E-state index contributed by atoms with van der Waals surface area (Å²) in [7, 11) is 2.03. The number of aliphatic hydroxyl groups excluding tert-OH is 1. The average molecular weight is 391 g/mol. The van der Waals surface area contributed by atoms with Gasteiger partial charge in [-0.25, -0.2) is 4.98 Å². The third-order valence-corrected chi connectivity index (χ3v) is 6.90. The molecule has 0 atom stereocenters. The Hall–Kier alpha value is -1.74. The number of amides is 1. The Balaban J connectivity index is 1.47. The quantitative estimate of drug-likeness (QED) is 0.804. The van der Waals surface area contributed by atoms with Gasteiger partial charge in [-0.3, -0.25) is 9.69 Å². The molecule has 0 radical (unpaired) electrons. The molecule has 2 aliphatic heterocycles. The second-order valence-corrected chi connectivity index (χ2v) is 8.32. The van der Waals surface area contributed by atoms with E-state index < -0.39 is 0 Å². The highest BCUT2D eigenvalue weighted by atomic mass is 32.1. The van der Waals surface area contributed by atoms with Crippen molar-refractivity contribution in [2.75, 3.05) is 32.8 Å². The first kappa shape index (κ1) is 18.6. The van der Waals surface area contributed by atoms with Crippen molar-refractivity contribution in [2.24, 2.45) is 7.05 Å². The number of nitrogens with zero attached hydrogens (tertiary/aromatic N) is 3. The minimum atomic E-state index is -0.258. The number of carbonyl (C=O) groups is 1. The Morgan fingerprint density at radius 2 is 2.26 bits per heavy atom. The van der Waals surface area contributed by atoms with Crippen LogP contribution in [-0.4, -0.2) is 58.3 Å². The Morgan fingerprint density at radius 3 is 2.96 bits per heavy atom. The van der Waals surface area contributed by atoms with E-state index in [1.807, 2.05) is 25.5 Å². The lowest BCUT2D eigenvalue weighted by Gasteiger charge is -2.43. The number of rotatable bonds is 5. The zero-order chi connectivity index (χ0) is 18.9. The summed E-state index contributed by atoms with van der Waals surface area (Å²) in [6, 6.07) is 2.01. The number of carbonyl (C=O) groups excluding carboxylic acids is 1. The molecule has 2 aromatic rings. The van der Waals surface area contributed by atoms with Crippen LogP contribution in [0.2, 0.25) is 0 Å². The van der Waals surface area contributed by atoms with Crippen molar-refractivity contribution in [3.8, 4) is 0 Å². The monoisotopic (exact) mass is 390 g/mol. The maximum Gasteiger partial charge on any atom is 0.261 e. The molecule has 1 saturated heterocycles. The zero-order valence-corrected chi connectivity index (χ0v) is 16.4. The molecule has 4 heterocycles. The van der Waals surface area contributed by atoms with Gasteiger partial charge in [0.2, 0.25) is 0 Å². The number of fused-ring (bicyclic) bond motifs is 2. The highest BCUT2D eigenvalue weighted by Gasteiger charge is 2.42. The number of piperidine rings is 1. The fraction of sp³-hybridized carbons (Fsp3) is 0.579. The number of hydrogen-bond donors (Lipinski definition) is 2. The highest BCUT2D eigenvalue weighted by Crippen LogP contribution is 2.45. The number of aliphatic hydroxyl groups is 1. The van der Waals surface area contributed by atoms with Crippen LogP contribution in [0.4, 0.5) is 0 Å². The number of imidazole rings is 1. The van der Waals surface area contributed by atoms with Crippen molar-refractivity contribution >= 4 is 17.2 Å². The van der Waals surface area contributed by atoms with Gasteiger partial charge in [0.1, 0.15) is 11.4 Å². The van der Waals surface area contributed by atoms with Crippen LogP contribution in [0.15, 0.2) is 18.5 Å². The third kappa shape index (κ3) is 3.67. The molecule has 0 aromatic carbocycles. The van der Waals surface area contributed by atoms with E-state index >= 15 is 0 Å². The van der Waals surface area contributed by atoms with E-state index in [0.29, 0.717) is 11.5 Å². The van der Waals surface area contributed by atoms with Gasteiger partial charge in [-0.2, -0.15) is 0 Å². The van der Waals surface area contributed by atoms with E-state index in [0.717, 1.165) is 44.7 Å². The van der Waals surface area contributed by atoms with Crippen LogP contribution in [0.5, 0.6) is 0 Å². The number of aryl methyl sites for hydroxylation is 1. The Bertz CT molecular complexity index is 808. The van der Waals surface area contributed by atoms with Gasteiger partial charge in [-0.05, 0) is 30.9 Å². The zero-order valence-electron chi connectivity index (χ0n) is 15.6. The Morgan fingerprint density at radius 1 is 1.44 bits per heavy atom. The summed E-state index contributed by atoms with van der Waals surface area (Å²) >= 11 is 1.55. The van der Waals surface area contributed by atoms with Crippen molar-refractivity contribution < 1.29 is 14.6 Å². The van der Waals surface area contributed by atoms with E-state index in [1.165, 1.54) is 10.4 Å². The van der Waals surface area contributed by atoms with E-state index in [9.17, 15) is 4.79 Å². The minimum Gasteiger partial charge on any atom is -0.395 e. The minimum absolute atomic E-state index is 0.0459. The lowest BCUT2D eigenvalue weighted by Crippen LogP contribution is -2.45. The Labute approximate surface area is 163 Å². The molecule has 1 amide bonds. The molecular formula is C19H26N4O3S. The molecule has 2 N–H and O–H groups in total. The predicted octanol–water partition coefficient (Wildman–Crippen LogP) is 1.27. The topological polar surface area (TPSA) is 79.6 Å².